The third-order valence-corrected chi connectivity index (χ3v) is 4.14. The van der Waals surface area contributed by atoms with Gasteiger partial charge in [0.1, 0.15) is 5.75 Å². The second-order valence-corrected chi connectivity index (χ2v) is 6.73. The molecule has 0 aliphatic heterocycles. The van der Waals surface area contributed by atoms with Crippen molar-refractivity contribution in [1.29, 1.82) is 0 Å². The molecule has 0 saturated heterocycles. The van der Waals surface area contributed by atoms with E-state index in [-0.39, 0.29) is 41.4 Å². The van der Waals surface area contributed by atoms with Gasteiger partial charge in [-0.2, -0.15) is 0 Å². The molecule has 0 amide bonds. The predicted molar refractivity (Wildman–Crippen MR) is 72.1 cm³/mol. The third kappa shape index (κ3) is 4.59. The van der Waals surface area contributed by atoms with Gasteiger partial charge in [0, 0.05) is 0 Å². The smallest absolute Gasteiger partial charge is 0.746 e. The van der Waals surface area contributed by atoms with Crippen LogP contribution >= 0.6 is 7.82 Å². The summed E-state index contributed by atoms with van der Waals surface area (Å²) in [6.07, 6.45) is 2.33. The van der Waals surface area contributed by atoms with Crippen molar-refractivity contribution in [2.45, 2.75) is 45.4 Å². The largest absolute Gasteiger partial charge is 1.00 e. The summed E-state index contributed by atoms with van der Waals surface area (Å²) in [7, 11) is -4.78. The first-order valence-electron chi connectivity index (χ1n) is 6.66. The number of hydrogen-bond donors (Lipinski definition) is 1. The number of hydrogen-bond acceptors (Lipinski definition) is 3. The Labute approximate surface area is 142 Å². The van der Waals surface area contributed by atoms with Gasteiger partial charge < -0.3 is 14.3 Å². The van der Waals surface area contributed by atoms with Crippen molar-refractivity contribution < 1.29 is 48.4 Å². The van der Waals surface area contributed by atoms with Crippen LogP contribution in [-0.4, -0.2) is 4.89 Å². The van der Waals surface area contributed by atoms with Crippen molar-refractivity contribution in [1.82, 2.24) is 0 Å². The molecule has 0 aromatic heterocycles. The van der Waals surface area contributed by atoms with E-state index in [9.17, 15) is 9.46 Å². The molecule has 0 radical (unpaired) electrons. The van der Waals surface area contributed by atoms with E-state index in [1.54, 1.807) is 0 Å². The van der Waals surface area contributed by atoms with Crippen molar-refractivity contribution in [2.75, 3.05) is 0 Å². The summed E-state index contributed by atoms with van der Waals surface area (Å²) < 4.78 is 16.0. The Kier molecular flexibility index (Phi) is 6.33. The Balaban J connectivity index is 0.00000200. The number of para-hydroxylation sites is 1. The van der Waals surface area contributed by atoms with Crippen LogP contribution in [0.4, 0.5) is 0 Å². The van der Waals surface area contributed by atoms with E-state index in [2.05, 4.69) is 6.92 Å². The molecule has 4 nitrogen and oxygen atoms in total. The Bertz CT molecular complexity index is 508. The third-order valence-electron chi connectivity index (χ3n) is 3.72. The molecule has 1 aliphatic rings. The van der Waals surface area contributed by atoms with Crippen LogP contribution in [0.3, 0.4) is 0 Å². The standard InChI is InChI=1S/C14H21O4P.Na/c1-9(2)12-5-4-6-13(10(3)11-7-8-11)14(12)18-19(15,16)17;/h4-6,9-11H,7-8H2,1-3H3,(H2,15,16,17);/q;+1/p-1/t10-;/m1./s1. The zero-order valence-corrected chi connectivity index (χ0v) is 15.4. The van der Waals surface area contributed by atoms with Crippen LogP contribution in [0, 0.1) is 5.92 Å². The van der Waals surface area contributed by atoms with Crippen LogP contribution in [0.5, 0.6) is 5.75 Å². The van der Waals surface area contributed by atoms with Gasteiger partial charge in [-0.15, -0.1) is 0 Å². The van der Waals surface area contributed by atoms with E-state index in [1.165, 1.54) is 12.8 Å². The minimum Gasteiger partial charge on any atom is -0.746 e. The minimum absolute atomic E-state index is 0. The monoisotopic (exact) mass is 306 g/mol. The fraction of sp³-hybridized carbons (Fsp3) is 0.571. The molecule has 0 heterocycles. The normalized spacial score (nSPS) is 19.1. The fourth-order valence-corrected chi connectivity index (χ4v) is 2.90. The molecule has 1 N–H and O–H groups in total. The number of phosphoric acid groups is 1. The van der Waals surface area contributed by atoms with E-state index in [1.807, 2.05) is 32.0 Å². The molecule has 1 fully saturated rings. The Morgan fingerprint density at radius 1 is 1.30 bits per heavy atom. The van der Waals surface area contributed by atoms with Gasteiger partial charge in [0.15, 0.2) is 0 Å². The molecular weight excluding hydrogens is 286 g/mol. The van der Waals surface area contributed by atoms with Crippen LogP contribution in [0.15, 0.2) is 18.2 Å². The van der Waals surface area contributed by atoms with E-state index in [0.717, 1.165) is 11.1 Å². The number of phosphoric ester groups is 1. The van der Waals surface area contributed by atoms with Crippen LogP contribution in [0.25, 0.3) is 0 Å². The first-order valence-corrected chi connectivity index (χ1v) is 8.15. The van der Waals surface area contributed by atoms with Gasteiger partial charge in [0.05, 0.1) is 0 Å². The quantitative estimate of drug-likeness (QED) is 0.622. The average Bonchev–Trinajstić information content (AvgIpc) is 3.09. The van der Waals surface area contributed by atoms with Crippen molar-refractivity contribution in [3.8, 4) is 5.75 Å². The maximum absolute atomic E-state index is 11.1. The SMILES string of the molecule is CC(C)c1cccc([C@H](C)C2CC2)c1OP(=O)([O-])O.[Na+]. The molecule has 6 heteroatoms. The molecular formula is C14H20NaO4P. The van der Waals surface area contributed by atoms with Crippen LogP contribution in [0.2, 0.25) is 0 Å². The molecule has 1 aliphatic carbocycles. The molecule has 2 rings (SSSR count). The summed E-state index contributed by atoms with van der Waals surface area (Å²) in [6, 6.07) is 5.65. The zero-order valence-electron chi connectivity index (χ0n) is 12.5. The van der Waals surface area contributed by atoms with Crippen molar-refractivity contribution in [3.63, 3.8) is 0 Å². The van der Waals surface area contributed by atoms with E-state index >= 15 is 0 Å². The molecule has 0 spiro atoms. The van der Waals surface area contributed by atoms with Crippen molar-refractivity contribution in [3.05, 3.63) is 29.3 Å². The summed E-state index contributed by atoms with van der Waals surface area (Å²) in [5.41, 5.74) is 1.69. The molecule has 20 heavy (non-hydrogen) atoms. The summed E-state index contributed by atoms with van der Waals surface area (Å²) in [5.74, 6) is 1.29. The predicted octanol–water partition coefficient (Wildman–Crippen LogP) is 0.167. The topological polar surface area (TPSA) is 69.6 Å². The van der Waals surface area contributed by atoms with Gasteiger partial charge in [-0.25, -0.2) is 0 Å². The van der Waals surface area contributed by atoms with Gasteiger partial charge in [-0.1, -0.05) is 39.0 Å². The Hall–Kier alpha value is 0.170. The van der Waals surface area contributed by atoms with Crippen molar-refractivity contribution >= 4 is 7.82 Å². The maximum atomic E-state index is 11.1. The molecule has 2 atom stereocenters. The Morgan fingerprint density at radius 3 is 2.30 bits per heavy atom. The first-order chi connectivity index (χ1) is 8.79. The van der Waals surface area contributed by atoms with Gasteiger partial charge in [-0.05, 0) is 41.7 Å². The average molecular weight is 306 g/mol. The van der Waals surface area contributed by atoms with E-state index in [4.69, 9.17) is 9.42 Å². The molecule has 1 saturated carbocycles. The molecule has 1 aromatic rings. The van der Waals surface area contributed by atoms with Gasteiger partial charge in [-0.3, -0.25) is 4.57 Å². The van der Waals surface area contributed by atoms with E-state index in [0.29, 0.717) is 11.7 Å². The Morgan fingerprint density at radius 2 is 1.85 bits per heavy atom. The summed E-state index contributed by atoms with van der Waals surface area (Å²) in [6.45, 7) is 6.03. The second kappa shape index (κ2) is 6.95. The van der Waals surface area contributed by atoms with Crippen LogP contribution < -0.4 is 39.0 Å². The number of rotatable bonds is 5. The van der Waals surface area contributed by atoms with Gasteiger partial charge >= 0.3 is 37.4 Å². The molecule has 0 bridgehead atoms. The van der Waals surface area contributed by atoms with Crippen molar-refractivity contribution in [2.24, 2.45) is 5.92 Å². The zero-order chi connectivity index (χ0) is 14.2. The molecule has 1 unspecified atom stereocenters. The summed E-state index contributed by atoms with van der Waals surface area (Å²) >= 11 is 0. The number of benzene rings is 1. The van der Waals surface area contributed by atoms with E-state index < -0.39 is 7.82 Å². The van der Waals surface area contributed by atoms with Gasteiger partial charge in [0.25, 0.3) is 0 Å². The second-order valence-electron chi connectivity index (χ2n) is 5.61. The summed E-state index contributed by atoms with van der Waals surface area (Å²) in [5, 5.41) is 0. The minimum atomic E-state index is -4.78. The summed E-state index contributed by atoms with van der Waals surface area (Å²) in [4.78, 5) is 20.1. The van der Waals surface area contributed by atoms with Crippen LogP contribution in [0.1, 0.15) is 56.6 Å². The maximum Gasteiger partial charge on any atom is 1.00 e. The fourth-order valence-electron chi connectivity index (χ4n) is 2.46. The first kappa shape index (κ1) is 18.2. The van der Waals surface area contributed by atoms with Crippen LogP contribution in [-0.2, 0) is 4.57 Å². The molecule has 1 aromatic carbocycles. The molecule has 106 valence electrons. The van der Waals surface area contributed by atoms with Gasteiger partial charge in [0.2, 0.25) is 0 Å².